The average molecular weight is 385 g/mol. The molecule has 4 heteroatoms. The largest absolute Gasteiger partial charge is 0.323 e. The molecule has 4 nitrogen and oxygen atoms in total. The first-order valence-corrected chi connectivity index (χ1v) is 10.0. The van der Waals surface area contributed by atoms with Crippen LogP contribution in [-0.2, 0) is 0 Å². The van der Waals surface area contributed by atoms with Gasteiger partial charge in [-0.1, -0.05) is 50.2 Å². The lowest BCUT2D eigenvalue weighted by Crippen LogP contribution is -2.39. The number of nitrogens with zero attached hydrogens (tertiary/aromatic N) is 2. The molecule has 148 valence electrons. The number of fused-ring (bicyclic) bond motifs is 2. The van der Waals surface area contributed by atoms with Gasteiger partial charge in [-0.05, 0) is 49.2 Å². The smallest absolute Gasteiger partial charge is 0.0705 e. The molecule has 0 fully saturated rings. The van der Waals surface area contributed by atoms with E-state index in [0.717, 1.165) is 44.3 Å². The number of aryl methyl sites for hydroxylation is 2. The van der Waals surface area contributed by atoms with Crippen molar-refractivity contribution in [2.45, 2.75) is 39.8 Å². The summed E-state index contributed by atoms with van der Waals surface area (Å²) in [7, 11) is 0. The van der Waals surface area contributed by atoms with E-state index in [9.17, 15) is 0 Å². The minimum atomic E-state index is -0.399. The molecule has 0 amide bonds. The van der Waals surface area contributed by atoms with Gasteiger partial charge in [0.2, 0.25) is 0 Å². The highest BCUT2D eigenvalue weighted by molar-refractivity contribution is 5.80. The molecule has 2 unspecified atom stereocenters. The van der Waals surface area contributed by atoms with Gasteiger partial charge in [-0.15, -0.1) is 0 Å². The van der Waals surface area contributed by atoms with Crippen molar-refractivity contribution in [3.8, 4) is 0 Å². The molecular weight excluding hydrogens is 356 g/mol. The molecule has 4 aromatic rings. The third kappa shape index (κ3) is 3.39. The van der Waals surface area contributed by atoms with Crippen LogP contribution in [0.4, 0.5) is 0 Å². The standard InChI is InChI=1S/C25H28N4/c1-15-19(13-17-9-5-7-11-21(17)28-15)23(26)25(3,4)24(27)20-14-18-10-6-8-12-22(18)29-16(20)2/h5-14,23-24H,26-27H2,1-4H3. The first kappa shape index (κ1) is 19.5. The Morgan fingerprint density at radius 2 is 1.07 bits per heavy atom. The fourth-order valence-electron chi connectivity index (χ4n) is 4.08. The van der Waals surface area contributed by atoms with Gasteiger partial charge in [0.25, 0.3) is 0 Å². The van der Waals surface area contributed by atoms with Crippen molar-refractivity contribution in [2.75, 3.05) is 0 Å². The van der Waals surface area contributed by atoms with Crippen molar-refractivity contribution >= 4 is 21.8 Å². The Bertz CT molecular complexity index is 1100. The van der Waals surface area contributed by atoms with Crippen LogP contribution in [0.15, 0.2) is 60.7 Å². The summed E-state index contributed by atoms with van der Waals surface area (Å²) in [4.78, 5) is 9.54. The topological polar surface area (TPSA) is 77.8 Å². The third-order valence-electron chi connectivity index (χ3n) is 6.18. The van der Waals surface area contributed by atoms with Crippen LogP contribution in [0.5, 0.6) is 0 Å². The second-order valence-electron chi connectivity index (χ2n) is 8.49. The van der Waals surface area contributed by atoms with Crippen LogP contribution in [0.1, 0.15) is 48.4 Å². The van der Waals surface area contributed by atoms with Crippen LogP contribution < -0.4 is 11.5 Å². The number of hydrogen-bond acceptors (Lipinski definition) is 4. The highest BCUT2D eigenvalue weighted by atomic mass is 14.8. The lowest BCUT2D eigenvalue weighted by molar-refractivity contribution is 0.227. The van der Waals surface area contributed by atoms with E-state index < -0.39 is 5.41 Å². The average Bonchev–Trinajstić information content (AvgIpc) is 2.71. The quantitative estimate of drug-likeness (QED) is 0.511. The molecule has 2 atom stereocenters. The Labute approximate surface area is 172 Å². The monoisotopic (exact) mass is 384 g/mol. The number of rotatable bonds is 4. The summed E-state index contributed by atoms with van der Waals surface area (Å²) in [6, 6.07) is 20.0. The van der Waals surface area contributed by atoms with E-state index in [0.29, 0.717) is 0 Å². The minimum absolute atomic E-state index is 0.263. The Kier molecular flexibility index (Phi) is 4.85. The SMILES string of the molecule is Cc1nc2ccccc2cc1C(N)C(C)(C)C(N)c1cc2ccccc2nc1C. The Morgan fingerprint density at radius 3 is 1.48 bits per heavy atom. The van der Waals surface area contributed by atoms with Gasteiger partial charge in [-0.25, -0.2) is 0 Å². The van der Waals surface area contributed by atoms with E-state index in [1.807, 2.05) is 50.2 Å². The molecule has 2 aromatic heterocycles. The predicted octanol–water partition coefficient (Wildman–Crippen LogP) is 5.13. The van der Waals surface area contributed by atoms with Gasteiger partial charge in [0, 0.05) is 39.7 Å². The maximum Gasteiger partial charge on any atom is 0.0705 e. The van der Waals surface area contributed by atoms with Crippen LogP contribution in [0, 0.1) is 19.3 Å². The number of para-hydroxylation sites is 2. The lowest BCUT2D eigenvalue weighted by atomic mass is 9.72. The summed E-state index contributed by atoms with van der Waals surface area (Å²) in [6.45, 7) is 8.30. The van der Waals surface area contributed by atoms with Gasteiger partial charge >= 0.3 is 0 Å². The van der Waals surface area contributed by atoms with E-state index in [4.69, 9.17) is 21.4 Å². The van der Waals surface area contributed by atoms with Crippen molar-refractivity contribution < 1.29 is 0 Å². The van der Waals surface area contributed by atoms with Crippen LogP contribution in [0.3, 0.4) is 0 Å². The van der Waals surface area contributed by atoms with E-state index in [-0.39, 0.29) is 12.1 Å². The van der Waals surface area contributed by atoms with Gasteiger partial charge in [0.1, 0.15) is 0 Å². The van der Waals surface area contributed by atoms with Crippen LogP contribution >= 0.6 is 0 Å². The van der Waals surface area contributed by atoms with Crippen molar-refractivity contribution in [3.05, 3.63) is 83.2 Å². The molecule has 4 rings (SSSR count). The summed E-state index contributed by atoms with van der Waals surface area (Å²) in [5, 5.41) is 2.19. The molecule has 4 N–H and O–H groups in total. The van der Waals surface area contributed by atoms with E-state index in [1.54, 1.807) is 0 Å². The van der Waals surface area contributed by atoms with Gasteiger partial charge in [0.15, 0.2) is 0 Å². The van der Waals surface area contributed by atoms with Crippen molar-refractivity contribution in [2.24, 2.45) is 16.9 Å². The zero-order valence-electron chi connectivity index (χ0n) is 17.5. The molecule has 29 heavy (non-hydrogen) atoms. The normalized spacial score (nSPS) is 14.3. The maximum absolute atomic E-state index is 6.83. The summed E-state index contributed by atoms with van der Waals surface area (Å²) in [6.07, 6.45) is 0. The van der Waals surface area contributed by atoms with Crippen LogP contribution in [0.2, 0.25) is 0 Å². The molecule has 2 aromatic carbocycles. The highest BCUT2D eigenvalue weighted by Crippen LogP contribution is 2.43. The van der Waals surface area contributed by atoms with Gasteiger partial charge < -0.3 is 11.5 Å². The Hall–Kier alpha value is -2.82. The van der Waals surface area contributed by atoms with Crippen molar-refractivity contribution in [3.63, 3.8) is 0 Å². The Morgan fingerprint density at radius 1 is 0.690 bits per heavy atom. The lowest BCUT2D eigenvalue weighted by Gasteiger charge is -2.38. The van der Waals surface area contributed by atoms with Crippen molar-refractivity contribution in [1.82, 2.24) is 9.97 Å². The predicted molar refractivity (Wildman–Crippen MR) is 121 cm³/mol. The van der Waals surface area contributed by atoms with Crippen LogP contribution in [-0.4, -0.2) is 9.97 Å². The number of aromatic nitrogens is 2. The van der Waals surface area contributed by atoms with Gasteiger partial charge in [-0.3, -0.25) is 9.97 Å². The molecule has 0 radical (unpaired) electrons. The molecule has 0 saturated heterocycles. The number of hydrogen-bond donors (Lipinski definition) is 2. The zero-order chi connectivity index (χ0) is 20.8. The maximum atomic E-state index is 6.83. The summed E-state index contributed by atoms with van der Waals surface area (Å²) < 4.78 is 0. The molecule has 0 bridgehead atoms. The second kappa shape index (κ2) is 7.21. The third-order valence-corrected chi connectivity index (χ3v) is 6.18. The molecule has 2 heterocycles. The van der Waals surface area contributed by atoms with Crippen molar-refractivity contribution in [1.29, 1.82) is 0 Å². The van der Waals surface area contributed by atoms with E-state index in [1.165, 1.54) is 0 Å². The number of nitrogens with two attached hydrogens (primary N) is 2. The summed E-state index contributed by atoms with van der Waals surface area (Å²) >= 11 is 0. The Balaban J connectivity index is 1.76. The molecule has 0 aliphatic rings. The molecule has 0 aliphatic heterocycles. The first-order chi connectivity index (χ1) is 13.8. The second-order valence-corrected chi connectivity index (χ2v) is 8.49. The fourth-order valence-corrected chi connectivity index (χ4v) is 4.08. The van der Waals surface area contributed by atoms with E-state index >= 15 is 0 Å². The van der Waals surface area contributed by atoms with Gasteiger partial charge in [0.05, 0.1) is 11.0 Å². The molecular formula is C25H28N4. The minimum Gasteiger partial charge on any atom is -0.323 e. The number of pyridine rings is 2. The summed E-state index contributed by atoms with van der Waals surface area (Å²) in [5.41, 5.74) is 19.2. The molecule has 0 spiro atoms. The van der Waals surface area contributed by atoms with E-state index in [2.05, 4.69) is 38.1 Å². The fraction of sp³-hybridized carbons (Fsp3) is 0.280. The number of benzene rings is 2. The molecule has 0 aliphatic carbocycles. The van der Waals surface area contributed by atoms with Crippen LogP contribution in [0.25, 0.3) is 21.8 Å². The molecule has 0 saturated carbocycles. The first-order valence-electron chi connectivity index (χ1n) is 10.0. The van der Waals surface area contributed by atoms with Gasteiger partial charge in [-0.2, -0.15) is 0 Å². The summed E-state index contributed by atoms with van der Waals surface area (Å²) in [5.74, 6) is 0. The highest BCUT2D eigenvalue weighted by Gasteiger charge is 2.37. The zero-order valence-corrected chi connectivity index (χ0v) is 17.5.